The van der Waals surface area contributed by atoms with Crippen LogP contribution in [0.3, 0.4) is 0 Å². The second-order valence-corrected chi connectivity index (χ2v) is 6.63. The van der Waals surface area contributed by atoms with Gasteiger partial charge in [-0.15, -0.1) is 0 Å². The van der Waals surface area contributed by atoms with Crippen LogP contribution in [0.25, 0.3) is 0 Å². The van der Waals surface area contributed by atoms with Crippen molar-refractivity contribution in [3.05, 3.63) is 33.8 Å². The summed E-state index contributed by atoms with van der Waals surface area (Å²) in [5.41, 5.74) is 3.77. The van der Waals surface area contributed by atoms with Gasteiger partial charge in [-0.05, 0) is 48.9 Å². The van der Waals surface area contributed by atoms with Gasteiger partial charge >= 0.3 is 0 Å². The molecule has 2 fully saturated rings. The Bertz CT molecular complexity index is 446. The molecule has 1 aromatic carbocycles. The van der Waals surface area contributed by atoms with Crippen LogP contribution in [0.15, 0.2) is 22.7 Å². The van der Waals surface area contributed by atoms with Crippen LogP contribution in [-0.2, 0) is 12.0 Å². The maximum atomic E-state index is 3.60. The largest absolute Gasteiger partial charge is 0.295 e. The molecule has 1 spiro atoms. The molecule has 0 atom stereocenters. The van der Waals surface area contributed by atoms with Gasteiger partial charge in [0.15, 0.2) is 0 Å². The van der Waals surface area contributed by atoms with E-state index in [1.165, 1.54) is 43.2 Å². The SMILES string of the molecule is Brc1ccc2c(c1)CN(C1CC1)CC21CC1. The summed E-state index contributed by atoms with van der Waals surface area (Å²) in [5.74, 6) is 0. The minimum absolute atomic E-state index is 0.552. The molecule has 1 aliphatic heterocycles. The minimum Gasteiger partial charge on any atom is -0.295 e. The van der Waals surface area contributed by atoms with Crippen LogP contribution in [0.2, 0.25) is 0 Å². The van der Waals surface area contributed by atoms with Crippen molar-refractivity contribution in [2.45, 2.75) is 43.7 Å². The maximum absolute atomic E-state index is 3.60. The molecule has 0 bridgehead atoms. The number of benzene rings is 1. The van der Waals surface area contributed by atoms with Gasteiger partial charge < -0.3 is 0 Å². The molecule has 84 valence electrons. The van der Waals surface area contributed by atoms with Crippen molar-refractivity contribution in [1.29, 1.82) is 0 Å². The first-order valence-corrected chi connectivity index (χ1v) is 7.09. The van der Waals surface area contributed by atoms with Gasteiger partial charge in [0.25, 0.3) is 0 Å². The summed E-state index contributed by atoms with van der Waals surface area (Å²) in [6, 6.07) is 7.82. The van der Waals surface area contributed by atoms with Gasteiger partial charge in [0.2, 0.25) is 0 Å². The molecule has 0 radical (unpaired) electrons. The summed E-state index contributed by atoms with van der Waals surface area (Å²) in [4.78, 5) is 2.72. The Kier molecular flexibility index (Phi) is 1.88. The van der Waals surface area contributed by atoms with Gasteiger partial charge in [-0.3, -0.25) is 4.90 Å². The zero-order valence-electron chi connectivity index (χ0n) is 9.38. The molecular weight excluding hydrogens is 262 g/mol. The summed E-state index contributed by atoms with van der Waals surface area (Å²) in [7, 11) is 0. The van der Waals surface area contributed by atoms with Gasteiger partial charge in [0, 0.05) is 29.0 Å². The first-order chi connectivity index (χ1) is 7.77. The molecule has 0 amide bonds. The second kappa shape index (κ2) is 3.11. The Morgan fingerprint density at radius 2 is 2.06 bits per heavy atom. The average Bonchev–Trinajstić information content (AvgIpc) is 3.11. The molecule has 4 rings (SSSR count). The molecule has 2 saturated carbocycles. The molecule has 3 aliphatic rings. The molecule has 2 aliphatic carbocycles. The minimum atomic E-state index is 0.552. The normalized spacial score (nSPS) is 26.8. The lowest BCUT2D eigenvalue weighted by atomic mass is 9.87. The quantitative estimate of drug-likeness (QED) is 0.760. The van der Waals surface area contributed by atoms with Crippen LogP contribution in [0.5, 0.6) is 0 Å². The number of hydrogen-bond donors (Lipinski definition) is 0. The maximum Gasteiger partial charge on any atom is 0.0240 e. The third kappa shape index (κ3) is 1.39. The zero-order valence-corrected chi connectivity index (χ0v) is 11.0. The third-order valence-corrected chi connectivity index (χ3v) is 4.93. The van der Waals surface area contributed by atoms with Crippen molar-refractivity contribution < 1.29 is 0 Å². The molecule has 1 heterocycles. The Morgan fingerprint density at radius 3 is 2.75 bits per heavy atom. The van der Waals surface area contributed by atoms with Crippen LogP contribution >= 0.6 is 15.9 Å². The number of halogens is 1. The fourth-order valence-electron chi connectivity index (χ4n) is 3.24. The lowest BCUT2D eigenvalue weighted by Gasteiger charge is -2.35. The highest BCUT2D eigenvalue weighted by Crippen LogP contribution is 2.54. The molecular formula is C14H16BrN. The predicted octanol–water partition coefficient (Wildman–Crippen LogP) is 3.46. The van der Waals surface area contributed by atoms with Gasteiger partial charge in [-0.25, -0.2) is 0 Å². The Hall–Kier alpha value is -0.340. The van der Waals surface area contributed by atoms with Gasteiger partial charge in [0.1, 0.15) is 0 Å². The van der Waals surface area contributed by atoms with Crippen LogP contribution in [0.1, 0.15) is 36.8 Å². The monoisotopic (exact) mass is 277 g/mol. The van der Waals surface area contributed by atoms with E-state index in [1.807, 2.05) is 0 Å². The lowest BCUT2D eigenvalue weighted by molar-refractivity contribution is 0.211. The van der Waals surface area contributed by atoms with Gasteiger partial charge in [-0.2, -0.15) is 0 Å². The highest BCUT2D eigenvalue weighted by atomic mass is 79.9. The highest BCUT2D eigenvalue weighted by molar-refractivity contribution is 9.10. The van der Waals surface area contributed by atoms with E-state index in [1.54, 1.807) is 11.1 Å². The van der Waals surface area contributed by atoms with Crippen LogP contribution in [-0.4, -0.2) is 17.5 Å². The summed E-state index contributed by atoms with van der Waals surface area (Å²) in [6.45, 7) is 2.51. The Labute approximate surface area is 105 Å². The Balaban J connectivity index is 1.78. The fraction of sp³-hybridized carbons (Fsp3) is 0.571. The van der Waals surface area contributed by atoms with Crippen molar-refractivity contribution in [3.63, 3.8) is 0 Å². The molecule has 16 heavy (non-hydrogen) atoms. The number of nitrogens with zero attached hydrogens (tertiary/aromatic N) is 1. The van der Waals surface area contributed by atoms with Crippen LogP contribution in [0.4, 0.5) is 0 Å². The van der Waals surface area contributed by atoms with Crippen molar-refractivity contribution in [2.24, 2.45) is 0 Å². The van der Waals surface area contributed by atoms with Crippen molar-refractivity contribution >= 4 is 15.9 Å². The molecule has 1 nitrogen and oxygen atoms in total. The van der Waals surface area contributed by atoms with Crippen LogP contribution < -0.4 is 0 Å². The predicted molar refractivity (Wildman–Crippen MR) is 68.5 cm³/mol. The zero-order chi connectivity index (χ0) is 10.8. The number of hydrogen-bond acceptors (Lipinski definition) is 1. The van der Waals surface area contributed by atoms with Gasteiger partial charge in [0.05, 0.1) is 0 Å². The second-order valence-electron chi connectivity index (χ2n) is 5.72. The van der Waals surface area contributed by atoms with E-state index in [-0.39, 0.29) is 0 Å². The summed E-state index contributed by atoms with van der Waals surface area (Å²) in [6.07, 6.45) is 5.68. The van der Waals surface area contributed by atoms with Gasteiger partial charge in [-0.1, -0.05) is 22.0 Å². The molecule has 1 aromatic rings. The van der Waals surface area contributed by atoms with Crippen molar-refractivity contribution in [1.82, 2.24) is 4.90 Å². The summed E-state index contributed by atoms with van der Waals surface area (Å²) >= 11 is 3.60. The first kappa shape index (κ1) is 9.67. The van der Waals surface area contributed by atoms with E-state index in [0.29, 0.717) is 5.41 Å². The molecule has 0 saturated heterocycles. The third-order valence-electron chi connectivity index (χ3n) is 4.43. The topological polar surface area (TPSA) is 3.24 Å². The highest BCUT2D eigenvalue weighted by Gasteiger charge is 2.50. The van der Waals surface area contributed by atoms with E-state index in [0.717, 1.165) is 6.04 Å². The van der Waals surface area contributed by atoms with Crippen molar-refractivity contribution in [2.75, 3.05) is 6.54 Å². The van der Waals surface area contributed by atoms with Crippen molar-refractivity contribution in [3.8, 4) is 0 Å². The number of rotatable bonds is 1. The fourth-order valence-corrected chi connectivity index (χ4v) is 3.64. The van der Waals surface area contributed by atoms with Crippen LogP contribution in [0, 0.1) is 0 Å². The first-order valence-electron chi connectivity index (χ1n) is 6.30. The lowest BCUT2D eigenvalue weighted by Crippen LogP contribution is -2.39. The average molecular weight is 278 g/mol. The molecule has 2 heteroatoms. The molecule has 0 aromatic heterocycles. The Morgan fingerprint density at radius 1 is 1.25 bits per heavy atom. The summed E-state index contributed by atoms with van der Waals surface area (Å²) < 4.78 is 1.24. The molecule has 0 unspecified atom stereocenters. The smallest absolute Gasteiger partial charge is 0.0240 e. The number of fused-ring (bicyclic) bond motifs is 2. The van der Waals surface area contributed by atoms with E-state index in [4.69, 9.17) is 0 Å². The summed E-state index contributed by atoms with van der Waals surface area (Å²) in [5, 5.41) is 0. The molecule has 0 N–H and O–H groups in total. The van der Waals surface area contributed by atoms with E-state index in [2.05, 4.69) is 39.0 Å². The van der Waals surface area contributed by atoms with E-state index in [9.17, 15) is 0 Å². The van der Waals surface area contributed by atoms with E-state index >= 15 is 0 Å². The standard InChI is InChI=1S/C14H16BrN/c15-11-1-4-13-10(7-11)8-16(12-2-3-12)9-14(13)5-6-14/h1,4,7,12H,2-3,5-6,8-9H2. The van der Waals surface area contributed by atoms with E-state index < -0.39 is 0 Å².